The number of imidazole rings is 1. The van der Waals surface area contributed by atoms with Gasteiger partial charge in [0.1, 0.15) is 11.6 Å². The molecule has 1 unspecified atom stereocenters. The number of nitrogens with two attached hydrogens (primary N) is 1. The Morgan fingerprint density at radius 2 is 1.68 bits per heavy atom. The lowest BCUT2D eigenvalue weighted by atomic mass is 9.83. The molecule has 0 spiro atoms. The molecule has 18 heteroatoms. The number of nitrogens with one attached hydrogen (secondary N) is 1. The van der Waals surface area contributed by atoms with E-state index in [9.17, 15) is 10.0 Å². The molecule has 7 aromatic rings. The summed E-state index contributed by atoms with van der Waals surface area (Å²) in [5.74, 6) is -0.521. The van der Waals surface area contributed by atoms with E-state index in [1.807, 2.05) is 24.5 Å². The first-order valence-electron chi connectivity index (χ1n) is 23.5. The maximum Gasteiger partial charge on any atom is 0.338 e. The van der Waals surface area contributed by atoms with E-state index in [2.05, 4.69) is 43.5 Å². The van der Waals surface area contributed by atoms with Crippen molar-refractivity contribution in [1.29, 1.82) is 0 Å². The predicted octanol–water partition coefficient (Wildman–Crippen LogP) is 7.49. The van der Waals surface area contributed by atoms with E-state index in [1.54, 1.807) is 58.8 Å². The fourth-order valence-electron chi connectivity index (χ4n) is 12.1. The van der Waals surface area contributed by atoms with Crippen LogP contribution in [0.2, 0.25) is 0 Å². The normalized spacial score (nSPS) is 24.3. The number of hydrogen-bond donors (Lipinski definition) is 3. The summed E-state index contributed by atoms with van der Waals surface area (Å²) in [5, 5.41) is 20.9. The smallest absolute Gasteiger partial charge is 0.338 e. The van der Waals surface area contributed by atoms with Crippen molar-refractivity contribution in [3.8, 4) is 17.2 Å². The molecule has 4 aliphatic rings. The number of hydroxylamine groups is 1. The van der Waals surface area contributed by atoms with E-state index in [0.29, 0.717) is 59.5 Å². The van der Waals surface area contributed by atoms with Crippen LogP contribution in [0.1, 0.15) is 107 Å². The van der Waals surface area contributed by atoms with Crippen molar-refractivity contribution in [2.45, 2.75) is 133 Å². The maximum absolute atomic E-state index is 16.2. The molecule has 0 amide bonds. The molecule has 1 saturated carbocycles. The molecule has 6 atom stereocenters. The number of halogens is 2. The van der Waals surface area contributed by atoms with E-state index >= 15 is 17.2 Å². The molecule has 4 N–H and O–H groups in total. The maximum atomic E-state index is 16.2. The van der Waals surface area contributed by atoms with Gasteiger partial charge in [0.05, 0.1) is 56.9 Å². The topological polar surface area (TPSA) is 172 Å². The van der Waals surface area contributed by atoms with Crippen LogP contribution in [-0.2, 0) is 33.8 Å². The molecule has 7 heterocycles. The van der Waals surface area contributed by atoms with Gasteiger partial charge in [-0.1, -0.05) is 13.0 Å². The van der Waals surface area contributed by atoms with Crippen molar-refractivity contribution >= 4 is 31.8 Å². The average molecular weight is 949 g/mol. The second-order valence-electron chi connectivity index (χ2n) is 21.0. The predicted molar refractivity (Wildman–Crippen MR) is 253 cm³/mol. The lowest BCUT2D eigenvalue weighted by Gasteiger charge is -2.40. The number of hydrogen-bond acceptors (Lipinski definition) is 9. The Bertz CT molecular complexity index is 3380. The number of aromatic nitrogens is 7. The van der Waals surface area contributed by atoms with E-state index in [4.69, 9.17) is 15.6 Å². The third kappa shape index (κ3) is 6.50. The van der Waals surface area contributed by atoms with Gasteiger partial charge < -0.3 is 20.2 Å². The van der Waals surface area contributed by atoms with Gasteiger partial charge in [0.2, 0.25) is 0 Å². The average Bonchev–Trinajstić information content (AvgIpc) is 3.87. The molecule has 3 aliphatic heterocycles. The van der Waals surface area contributed by atoms with Gasteiger partial charge in [-0.2, -0.15) is 20.0 Å². The molecule has 3 aromatic carbocycles. The van der Waals surface area contributed by atoms with Crippen molar-refractivity contribution < 1.29 is 27.1 Å². The highest BCUT2D eigenvalue weighted by Crippen LogP contribution is 2.58. The lowest BCUT2D eigenvalue weighted by molar-refractivity contribution is -0.0592. The fraction of sp³-hybridized carbons (Fsp3) is 0.460. The van der Waals surface area contributed by atoms with Crippen LogP contribution in [0.25, 0.3) is 39.0 Å². The lowest BCUT2D eigenvalue weighted by Crippen LogP contribution is -2.60. The molecule has 4 aromatic heterocycles. The van der Waals surface area contributed by atoms with Crippen LogP contribution in [0.3, 0.4) is 0 Å². The summed E-state index contributed by atoms with van der Waals surface area (Å²) in [4.78, 5) is 14.8. The van der Waals surface area contributed by atoms with Gasteiger partial charge >= 0.3 is 5.69 Å². The second kappa shape index (κ2) is 15.2. The molecule has 68 heavy (non-hydrogen) atoms. The summed E-state index contributed by atoms with van der Waals surface area (Å²) in [6.45, 7) is 13.8. The highest BCUT2D eigenvalue weighted by Gasteiger charge is 2.63. The minimum Gasteiger partial charge on any atom is -0.376 e. The Kier molecular flexibility index (Phi) is 10.1. The van der Waals surface area contributed by atoms with Crippen LogP contribution in [0.15, 0.2) is 76.9 Å². The number of benzene rings is 3. The zero-order valence-electron chi connectivity index (χ0n) is 39.6. The zero-order chi connectivity index (χ0) is 48.1. The third-order valence-electron chi connectivity index (χ3n) is 15.8. The second-order valence-corrected chi connectivity index (χ2v) is 22.8. The summed E-state index contributed by atoms with van der Waals surface area (Å²) < 4.78 is 79.0. The summed E-state index contributed by atoms with van der Waals surface area (Å²) in [6.07, 6.45) is 7.91. The van der Waals surface area contributed by atoms with Gasteiger partial charge in [-0.3, -0.25) is 13.8 Å². The van der Waals surface area contributed by atoms with Gasteiger partial charge in [0.25, 0.3) is 10.0 Å². The quantitative estimate of drug-likeness (QED) is 0.118. The SMILES string of the molecule is Cc1cc(-n2nc3c(c2-n2ccn(-c4ccc5c(cnn5C)c4F)c2=O)[C@@H]2CC[C@H](C3)N2S(=O)(=O)c2cc3cc([C@H]4CCOC(C)(C)C4)ccc3n2[C@@]2(C(N)C(C)(C)NO)C[C@@H]2C)cc(C)c1F. The Hall–Kier alpha value is -5.50. The van der Waals surface area contributed by atoms with Crippen LogP contribution in [0.4, 0.5) is 8.78 Å². The minimum atomic E-state index is -4.39. The first-order chi connectivity index (χ1) is 32.2. The summed E-state index contributed by atoms with van der Waals surface area (Å²) in [5.41, 5.74) is 11.6. The molecule has 2 saturated heterocycles. The summed E-state index contributed by atoms with van der Waals surface area (Å²) in [6, 6.07) is 12.6. The number of aryl methyl sites for hydroxylation is 3. The van der Waals surface area contributed by atoms with Crippen LogP contribution in [0, 0.1) is 31.4 Å². The number of fused-ring (bicyclic) bond motifs is 6. The highest BCUT2D eigenvalue weighted by molar-refractivity contribution is 7.89. The molecular weight excluding hydrogens is 891 g/mol. The van der Waals surface area contributed by atoms with Crippen molar-refractivity contribution in [2.24, 2.45) is 18.7 Å². The summed E-state index contributed by atoms with van der Waals surface area (Å²) in [7, 11) is -2.67. The molecule has 15 nitrogen and oxygen atoms in total. The molecule has 2 bridgehead atoms. The first-order valence-corrected chi connectivity index (χ1v) is 24.9. The minimum absolute atomic E-state index is 0.0188. The number of sulfonamides is 1. The molecule has 11 rings (SSSR count). The number of ether oxygens (including phenoxy) is 1. The molecule has 0 radical (unpaired) electrons. The molecule has 358 valence electrons. The largest absolute Gasteiger partial charge is 0.376 e. The molecular formula is C50H58F2N10O5S. The number of rotatable bonds is 10. The van der Waals surface area contributed by atoms with Crippen LogP contribution < -0.4 is 16.9 Å². The van der Waals surface area contributed by atoms with E-state index in [0.717, 1.165) is 29.3 Å². The third-order valence-corrected chi connectivity index (χ3v) is 17.7. The molecule has 1 aliphatic carbocycles. The summed E-state index contributed by atoms with van der Waals surface area (Å²) >= 11 is 0. The Morgan fingerprint density at radius 1 is 0.971 bits per heavy atom. The van der Waals surface area contributed by atoms with Crippen molar-refractivity contribution in [3.05, 3.63) is 117 Å². The fourth-order valence-corrected chi connectivity index (χ4v) is 14.2. The van der Waals surface area contributed by atoms with Gasteiger partial charge in [0.15, 0.2) is 10.8 Å². The van der Waals surface area contributed by atoms with Gasteiger partial charge in [-0.15, -0.1) is 0 Å². The van der Waals surface area contributed by atoms with Gasteiger partial charge in [-0.25, -0.2) is 26.7 Å². The van der Waals surface area contributed by atoms with Crippen molar-refractivity contribution in [2.75, 3.05) is 6.61 Å². The van der Waals surface area contributed by atoms with E-state index in [-0.39, 0.29) is 51.6 Å². The van der Waals surface area contributed by atoms with Gasteiger partial charge in [0, 0.05) is 61.0 Å². The van der Waals surface area contributed by atoms with Crippen molar-refractivity contribution in [1.82, 2.24) is 43.0 Å². The molecule has 3 fully saturated rings. The highest BCUT2D eigenvalue weighted by atomic mass is 32.2. The Labute approximate surface area is 393 Å². The zero-order valence-corrected chi connectivity index (χ0v) is 40.4. The monoisotopic (exact) mass is 948 g/mol. The van der Waals surface area contributed by atoms with Gasteiger partial charge in [-0.05, 0) is 145 Å². The number of nitrogens with zero attached hydrogens (tertiary/aromatic N) is 8. The van der Waals surface area contributed by atoms with E-state index in [1.165, 1.54) is 33.8 Å². The van der Waals surface area contributed by atoms with E-state index < -0.39 is 50.7 Å². The van der Waals surface area contributed by atoms with Crippen molar-refractivity contribution in [3.63, 3.8) is 0 Å². The van der Waals surface area contributed by atoms with Crippen LogP contribution >= 0.6 is 0 Å². The van der Waals surface area contributed by atoms with Crippen LogP contribution in [-0.4, -0.2) is 81.0 Å². The Morgan fingerprint density at radius 3 is 2.37 bits per heavy atom. The Balaban J connectivity index is 1.09. The standard InChI is InChI=1S/C50H58F2N10O5S/c1-27-19-34(20-28(2)43(27)51)61-45(59-17-16-58(47(59)63)40-14-13-38-35(44(40)52)26-54-57(38)8)42-36(55-61)23-33-10-12-39(42)62(33)68(65,66)41-22-32-21-30(31-15-18-67-48(4,5)25-31)9-11-37(32)60(41)50(24-29(50)3)46(53)49(6,7)56-64/h9,11,13-14,16-17,19-22,26,29,31,33,39,46,56,64H,10,12,15,18,23-25,53H2,1-8H3/t29-,31-,33+,39-,46?,50-/m0/s1. The first kappa shape index (κ1) is 45.0. The van der Waals surface area contributed by atoms with Crippen LogP contribution in [0.5, 0.6) is 0 Å².